The van der Waals surface area contributed by atoms with Crippen LogP contribution < -0.4 is 0 Å². The molecule has 2 heterocycles. The van der Waals surface area contributed by atoms with Crippen LogP contribution in [0.1, 0.15) is 0 Å². The van der Waals surface area contributed by atoms with E-state index in [0.29, 0.717) is 0 Å². The molecule has 7 aromatic carbocycles. The molecule has 200 valence electrons. The van der Waals surface area contributed by atoms with E-state index in [9.17, 15) is 0 Å². The Labute approximate surface area is 248 Å². The molecule has 2 heteroatoms. The molecule has 0 fully saturated rings. The Morgan fingerprint density at radius 3 is 1.56 bits per heavy atom. The van der Waals surface area contributed by atoms with Crippen LogP contribution in [0.2, 0.25) is 0 Å². The summed E-state index contributed by atoms with van der Waals surface area (Å²) in [6, 6.07) is 53.7. The lowest BCUT2D eigenvalue weighted by Crippen LogP contribution is -1.89. The van der Waals surface area contributed by atoms with E-state index < -0.39 is 0 Å². The van der Waals surface area contributed by atoms with Gasteiger partial charge in [0.05, 0.1) is 11.2 Å². The van der Waals surface area contributed by atoms with Gasteiger partial charge in [0, 0.05) is 32.7 Å². The molecule has 9 aromatic rings. The van der Waals surface area contributed by atoms with Gasteiger partial charge in [0.2, 0.25) is 0 Å². The lowest BCUT2D eigenvalue weighted by atomic mass is 9.96. The van der Waals surface area contributed by atoms with E-state index in [1.165, 1.54) is 38.1 Å². The van der Waals surface area contributed by atoms with Crippen molar-refractivity contribution in [2.75, 3.05) is 0 Å². The van der Waals surface area contributed by atoms with E-state index in [1.54, 1.807) is 0 Å². The van der Waals surface area contributed by atoms with Crippen LogP contribution in [0.3, 0.4) is 0 Å². The Kier molecular flexibility index (Phi) is 5.23. The van der Waals surface area contributed by atoms with Gasteiger partial charge in [-0.25, -0.2) is 4.98 Å². The van der Waals surface area contributed by atoms with E-state index in [0.717, 1.165) is 49.8 Å². The summed E-state index contributed by atoms with van der Waals surface area (Å²) in [4.78, 5) is 5.20. The zero-order valence-electron chi connectivity index (χ0n) is 23.3. The van der Waals surface area contributed by atoms with Gasteiger partial charge in [-0.2, -0.15) is 0 Å². The fourth-order valence-corrected chi connectivity index (χ4v) is 6.57. The second-order valence-corrected chi connectivity index (χ2v) is 11.1. The van der Waals surface area contributed by atoms with E-state index >= 15 is 0 Å². The van der Waals surface area contributed by atoms with Crippen LogP contribution in [0.4, 0.5) is 0 Å². The number of pyridine rings is 1. The van der Waals surface area contributed by atoms with E-state index in [1.807, 2.05) is 12.1 Å². The summed E-state index contributed by atoms with van der Waals surface area (Å²) < 4.78 is 6.27. The number of hydrogen-bond donors (Lipinski definition) is 0. The van der Waals surface area contributed by atoms with Gasteiger partial charge < -0.3 is 4.42 Å². The molecule has 0 N–H and O–H groups in total. The van der Waals surface area contributed by atoms with Crippen molar-refractivity contribution in [3.05, 3.63) is 152 Å². The highest BCUT2D eigenvalue weighted by Gasteiger charge is 2.13. The summed E-state index contributed by atoms with van der Waals surface area (Å²) in [5, 5.41) is 8.43. The van der Waals surface area contributed by atoms with Gasteiger partial charge in [-0.1, -0.05) is 133 Å². The molecular weight excluding hydrogens is 522 g/mol. The molecule has 0 amide bonds. The van der Waals surface area contributed by atoms with Crippen LogP contribution in [-0.2, 0) is 0 Å². The Hall–Kier alpha value is -5.73. The normalized spacial score (nSPS) is 11.7. The molecule has 0 bridgehead atoms. The number of rotatable bonds is 3. The van der Waals surface area contributed by atoms with Gasteiger partial charge in [-0.05, 0) is 51.0 Å². The lowest BCUT2D eigenvalue weighted by molar-refractivity contribution is 0.670. The van der Waals surface area contributed by atoms with E-state index in [2.05, 4.69) is 140 Å². The van der Waals surface area contributed by atoms with Crippen LogP contribution in [0.15, 0.2) is 156 Å². The van der Waals surface area contributed by atoms with Crippen molar-refractivity contribution in [2.24, 2.45) is 0 Å². The average molecular weight is 548 g/mol. The zero-order valence-corrected chi connectivity index (χ0v) is 23.3. The number of aromatic nitrogens is 1. The van der Waals surface area contributed by atoms with Crippen LogP contribution >= 0.6 is 0 Å². The predicted octanol–water partition coefficient (Wildman–Crippen LogP) is 11.4. The van der Waals surface area contributed by atoms with Crippen LogP contribution in [0, 0.1) is 0 Å². The van der Waals surface area contributed by atoms with Crippen molar-refractivity contribution >= 4 is 54.4 Å². The minimum absolute atomic E-state index is 0.920. The molecule has 0 saturated heterocycles. The first kappa shape index (κ1) is 23.9. The number of benzene rings is 7. The van der Waals surface area contributed by atoms with Crippen molar-refractivity contribution in [1.29, 1.82) is 0 Å². The Bertz CT molecular complexity index is 2450. The summed E-state index contributed by atoms with van der Waals surface area (Å²) in [7, 11) is 0. The minimum Gasteiger partial charge on any atom is -0.455 e. The summed E-state index contributed by atoms with van der Waals surface area (Å²) in [5.41, 5.74) is 9.60. The van der Waals surface area contributed by atoms with Gasteiger partial charge in [0.15, 0.2) is 0 Å². The van der Waals surface area contributed by atoms with Crippen LogP contribution in [-0.4, -0.2) is 4.98 Å². The number of fused-ring (bicyclic) bond motifs is 9. The fourth-order valence-electron chi connectivity index (χ4n) is 6.57. The third-order valence-electron chi connectivity index (χ3n) is 8.70. The Morgan fingerprint density at radius 1 is 0.349 bits per heavy atom. The third kappa shape index (κ3) is 3.77. The highest BCUT2D eigenvalue weighted by Crippen LogP contribution is 2.37. The molecular formula is C41H25NO. The molecule has 0 aliphatic carbocycles. The smallest absolute Gasteiger partial charge is 0.143 e. The maximum absolute atomic E-state index is 6.27. The fraction of sp³-hybridized carbons (Fsp3) is 0. The Balaban J connectivity index is 1.07. The largest absolute Gasteiger partial charge is 0.455 e. The topological polar surface area (TPSA) is 26.0 Å². The first-order valence-electron chi connectivity index (χ1n) is 14.6. The first-order valence-corrected chi connectivity index (χ1v) is 14.6. The maximum Gasteiger partial charge on any atom is 0.143 e. The maximum atomic E-state index is 6.27. The predicted molar refractivity (Wildman–Crippen MR) is 180 cm³/mol. The number of furan rings is 1. The van der Waals surface area contributed by atoms with E-state index in [4.69, 9.17) is 9.40 Å². The molecule has 0 atom stereocenters. The molecule has 0 aliphatic rings. The standard InChI is InChI=1S/C41H25NO/c1-2-10-33-31(8-1)32-9-3-4-12-35(32)40-36(33)24-25-38(42-40)29-22-18-27(19-23-29)26-16-20-28(21-17-26)30-13-7-14-37-34-11-5-6-15-39(34)43-41(30)37/h1-25H. The number of para-hydroxylation sites is 2. The van der Waals surface area contributed by atoms with Crippen molar-refractivity contribution in [1.82, 2.24) is 4.98 Å². The number of nitrogens with zero attached hydrogens (tertiary/aromatic N) is 1. The van der Waals surface area contributed by atoms with Crippen LogP contribution in [0.25, 0.3) is 87.9 Å². The average Bonchev–Trinajstić information content (AvgIpc) is 3.47. The SMILES string of the molecule is c1ccc2c(c1)oc1c(-c3ccc(-c4ccc(-c5ccc6c7ccccc7c7ccccc7c6n5)cc4)cc3)cccc12. The second kappa shape index (κ2) is 9.40. The van der Waals surface area contributed by atoms with Gasteiger partial charge in [0.25, 0.3) is 0 Å². The highest BCUT2D eigenvalue weighted by molar-refractivity contribution is 6.24. The first-order chi connectivity index (χ1) is 21.3. The van der Waals surface area contributed by atoms with Crippen LogP contribution in [0.5, 0.6) is 0 Å². The molecule has 0 unspecified atom stereocenters. The summed E-state index contributed by atoms with van der Waals surface area (Å²) in [5.74, 6) is 0. The molecule has 9 rings (SSSR count). The molecule has 0 saturated carbocycles. The van der Waals surface area contributed by atoms with Crippen molar-refractivity contribution in [3.8, 4) is 33.5 Å². The molecule has 2 nitrogen and oxygen atoms in total. The quantitative estimate of drug-likeness (QED) is 0.206. The highest BCUT2D eigenvalue weighted by atomic mass is 16.3. The summed E-state index contributed by atoms with van der Waals surface area (Å²) in [6.07, 6.45) is 0. The van der Waals surface area contributed by atoms with Crippen molar-refractivity contribution in [2.45, 2.75) is 0 Å². The van der Waals surface area contributed by atoms with Gasteiger partial charge >= 0.3 is 0 Å². The van der Waals surface area contributed by atoms with Gasteiger partial charge in [-0.15, -0.1) is 0 Å². The molecule has 43 heavy (non-hydrogen) atoms. The number of hydrogen-bond acceptors (Lipinski definition) is 2. The van der Waals surface area contributed by atoms with Crippen molar-refractivity contribution < 1.29 is 4.42 Å². The molecule has 0 aliphatic heterocycles. The van der Waals surface area contributed by atoms with Gasteiger partial charge in [0.1, 0.15) is 11.2 Å². The molecule has 0 spiro atoms. The monoisotopic (exact) mass is 547 g/mol. The van der Waals surface area contributed by atoms with Crippen molar-refractivity contribution in [3.63, 3.8) is 0 Å². The lowest BCUT2D eigenvalue weighted by Gasteiger charge is -2.11. The Morgan fingerprint density at radius 2 is 0.860 bits per heavy atom. The van der Waals surface area contributed by atoms with E-state index in [-0.39, 0.29) is 0 Å². The minimum atomic E-state index is 0.920. The second-order valence-electron chi connectivity index (χ2n) is 11.1. The third-order valence-corrected chi connectivity index (χ3v) is 8.70. The molecule has 0 radical (unpaired) electrons. The zero-order chi connectivity index (χ0) is 28.3. The van der Waals surface area contributed by atoms with Gasteiger partial charge in [-0.3, -0.25) is 0 Å². The molecule has 2 aromatic heterocycles. The summed E-state index contributed by atoms with van der Waals surface area (Å²) >= 11 is 0. The summed E-state index contributed by atoms with van der Waals surface area (Å²) in [6.45, 7) is 0.